The van der Waals surface area contributed by atoms with Gasteiger partial charge in [-0.05, 0) is 30.7 Å². The second-order valence-electron chi connectivity index (χ2n) is 3.25. The minimum Gasteiger partial charge on any atom is -0.308 e. The first-order valence-electron chi connectivity index (χ1n) is 4.35. The fourth-order valence-electron chi connectivity index (χ4n) is 1.45. The Morgan fingerprint density at radius 2 is 2.00 bits per heavy atom. The summed E-state index contributed by atoms with van der Waals surface area (Å²) in [6.45, 7) is 1.91. The van der Waals surface area contributed by atoms with Crippen molar-refractivity contribution in [2.75, 3.05) is 5.43 Å². The first kappa shape index (κ1) is 10.5. The Bertz CT molecular complexity index is 526. The predicted octanol–water partition coefficient (Wildman–Crippen LogP) is 3.14. The molecule has 1 aromatic heterocycles. The fourth-order valence-corrected chi connectivity index (χ4v) is 1.98. The van der Waals surface area contributed by atoms with Crippen molar-refractivity contribution >= 4 is 39.9 Å². The van der Waals surface area contributed by atoms with Crippen LogP contribution in [0.15, 0.2) is 18.2 Å². The molecule has 78 valence electrons. The minimum atomic E-state index is 0.562. The molecule has 3 N–H and O–H groups in total. The highest BCUT2D eigenvalue weighted by atomic mass is 35.5. The van der Waals surface area contributed by atoms with Crippen LogP contribution in [0, 0.1) is 6.92 Å². The molecule has 1 aromatic carbocycles. The fraction of sp³-hybridized carbons (Fsp3) is 0.100. The molecule has 0 aliphatic carbocycles. The van der Waals surface area contributed by atoms with Crippen LogP contribution in [0.25, 0.3) is 10.9 Å². The molecular formula is C10H9Cl2N3. The molecule has 0 saturated heterocycles. The molecule has 2 rings (SSSR count). The van der Waals surface area contributed by atoms with Crippen molar-refractivity contribution in [3.05, 3.63) is 33.8 Å². The Hall–Kier alpha value is -1.03. The Kier molecular flexibility index (Phi) is 2.69. The van der Waals surface area contributed by atoms with Crippen LogP contribution in [-0.4, -0.2) is 4.98 Å². The Balaban J connectivity index is 2.81. The number of hydrogen-bond donors (Lipinski definition) is 2. The van der Waals surface area contributed by atoms with Gasteiger partial charge in [-0.15, -0.1) is 0 Å². The van der Waals surface area contributed by atoms with Gasteiger partial charge in [-0.2, -0.15) is 0 Å². The third-order valence-electron chi connectivity index (χ3n) is 2.18. The highest BCUT2D eigenvalue weighted by Crippen LogP contribution is 2.29. The van der Waals surface area contributed by atoms with Crippen LogP contribution >= 0.6 is 23.2 Å². The van der Waals surface area contributed by atoms with E-state index in [4.69, 9.17) is 29.0 Å². The number of fused-ring (bicyclic) bond motifs is 1. The molecule has 0 aliphatic rings. The number of aryl methyl sites for hydroxylation is 1. The molecule has 0 spiro atoms. The van der Waals surface area contributed by atoms with E-state index in [1.165, 1.54) is 0 Å². The molecule has 2 aromatic rings. The number of halogens is 2. The van der Waals surface area contributed by atoms with E-state index in [1.807, 2.05) is 13.0 Å². The molecule has 15 heavy (non-hydrogen) atoms. The van der Waals surface area contributed by atoms with Crippen LogP contribution < -0.4 is 11.3 Å². The summed E-state index contributed by atoms with van der Waals surface area (Å²) in [6.07, 6.45) is 0. The molecule has 0 bridgehead atoms. The van der Waals surface area contributed by atoms with Crippen LogP contribution in [0.5, 0.6) is 0 Å². The van der Waals surface area contributed by atoms with E-state index < -0.39 is 0 Å². The van der Waals surface area contributed by atoms with Gasteiger partial charge in [0.05, 0.1) is 10.5 Å². The van der Waals surface area contributed by atoms with Gasteiger partial charge in [0, 0.05) is 10.4 Å². The maximum Gasteiger partial charge on any atom is 0.143 e. The smallest absolute Gasteiger partial charge is 0.143 e. The zero-order valence-corrected chi connectivity index (χ0v) is 9.52. The Morgan fingerprint density at radius 3 is 2.67 bits per heavy atom. The van der Waals surface area contributed by atoms with E-state index in [0.29, 0.717) is 15.9 Å². The van der Waals surface area contributed by atoms with Gasteiger partial charge in [-0.25, -0.2) is 10.8 Å². The normalized spacial score (nSPS) is 10.7. The summed E-state index contributed by atoms with van der Waals surface area (Å²) < 4.78 is 0. The quantitative estimate of drug-likeness (QED) is 0.596. The van der Waals surface area contributed by atoms with Crippen LogP contribution in [0.2, 0.25) is 10.0 Å². The van der Waals surface area contributed by atoms with Crippen molar-refractivity contribution in [3.8, 4) is 0 Å². The lowest BCUT2D eigenvalue weighted by Gasteiger charge is -2.07. The molecule has 1 heterocycles. The summed E-state index contributed by atoms with van der Waals surface area (Å²) in [7, 11) is 0. The SMILES string of the molecule is Cc1cc2c(Cl)cc(Cl)cc2nc1NN. The van der Waals surface area contributed by atoms with E-state index in [2.05, 4.69) is 10.4 Å². The standard InChI is InChI=1S/C10H9Cl2N3/c1-5-2-7-8(12)3-6(11)4-9(7)14-10(5)15-13/h2-4H,13H2,1H3,(H,14,15). The van der Waals surface area contributed by atoms with E-state index in [1.54, 1.807) is 12.1 Å². The van der Waals surface area contributed by atoms with Crippen molar-refractivity contribution in [1.29, 1.82) is 0 Å². The van der Waals surface area contributed by atoms with Crippen molar-refractivity contribution < 1.29 is 0 Å². The number of benzene rings is 1. The van der Waals surface area contributed by atoms with Crippen molar-refractivity contribution in [2.45, 2.75) is 6.92 Å². The largest absolute Gasteiger partial charge is 0.308 e. The zero-order chi connectivity index (χ0) is 11.0. The molecule has 0 fully saturated rings. The monoisotopic (exact) mass is 241 g/mol. The lowest BCUT2D eigenvalue weighted by Crippen LogP contribution is -2.10. The number of nitrogens with zero attached hydrogens (tertiary/aromatic N) is 1. The van der Waals surface area contributed by atoms with Gasteiger partial charge in [0.25, 0.3) is 0 Å². The van der Waals surface area contributed by atoms with Gasteiger partial charge >= 0.3 is 0 Å². The van der Waals surface area contributed by atoms with E-state index in [-0.39, 0.29) is 0 Å². The van der Waals surface area contributed by atoms with E-state index >= 15 is 0 Å². The number of anilines is 1. The van der Waals surface area contributed by atoms with Gasteiger partial charge in [-0.3, -0.25) is 0 Å². The summed E-state index contributed by atoms with van der Waals surface area (Å²) >= 11 is 11.9. The van der Waals surface area contributed by atoms with Crippen LogP contribution in [0.4, 0.5) is 5.82 Å². The van der Waals surface area contributed by atoms with Crippen molar-refractivity contribution in [2.24, 2.45) is 5.84 Å². The molecule has 3 nitrogen and oxygen atoms in total. The van der Waals surface area contributed by atoms with Crippen LogP contribution in [-0.2, 0) is 0 Å². The number of nitrogens with one attached hydrogen (secondary N) is 1. The Morgan fingerprint density at radius 1 is 1.27 bits per heavy atom. The lowest BCUT2D eigenvalue weighted by atomic mass is 10.1. The molecule has 0 atom stereocenters. The van der Waals surface area contributed by atoms with E-state index in [9.17, 15) is 0 Å². The zero-order valence-electron chi connectivity index (χ0n) is 8.01. The number of pyridine rings is 1. The van der Waals surface area contributed by atoms with Gasteiger partial charge in [-0.1, -0.05) is 23.2 Å². The maximum atomic E-state index is 6.05. The Labute approximate surface area is 97.2 Å². The number of hydrazine groups is 1. The molecule has 0 unspecified atom stereocenters. The first-order chi connectivity index (χ1) is 7.11. The second-order valence-corrected chi connectivity index (χ2v) is 4.10. The summed E-state index contributed by atoms with van der Waals surface area (Å²) in [5, 5.41) is 2.03. The predicted molar refractivity (Wildman–Crippen MR) is 64.3 cm³/mol. The molecular weight excluding hydrogens is 233 g/mol. The first-order valence-corrected chi connectivity index (χ1v) is 5.10. The number of hydrogen-bond acceptors (Lipinski definition) is 3. The average molecular weight is 242 g/mol. The van der Waals surface area contributed by atoms with E-state index in [0.717, 1.165) is 16.5 Å². The summed E-state index contributed by atoms with van der Waals surface area (Å²) in [4.78, 5) is 4.31. The number of aromatic nitrogens is 1. The third kappa shape index (κ3) is 1.86. The van der Waals surface area contributed by atoms with Gasteiger partial charge < -0.3 is 5.43 Å². The van der Waals surface area contributed by atoms with Gasteiger partial charge in [0.1, 0.15) is 5.82 Å². The average Bonchev–Trinajstić information content (AvgIpc) is 2.18. The summed E-state index contributed by atoms with van der Waals surface area (Å²) in [5.41, 5.74) is 4.20. The van der Waals surface area contributed by atoms with Crippen molar-refractivity contribution in [1.82, 2.24) is 4.98 Å². The minimum absolute atomic E-state index is 0.562. The number of rotatable bonds is 1. The number of nitrogen functional groups attached to an aromatic ring is 1. The second kappa shape index (κ2) is 3.85. The summed E-state index contributed by atoms with van der Waals surface area (Å²) in [6, 6.07) is 5.38. The molecule has 0 radical (unpaired) electrons. The topological polar surface area (TPSA) is 50.9 Å². The highest BCUT2D eigenvalue weighted by molar-refractivity contribution is 6.38. The van der Waals surface area contributed by atoms with Crippen LogP contribution in [0.3, 0.4) is 0 Å². The van der Waals surface area contributed by atoms with Crippen molar-refractivity contribution in [3.63, 3.8) is 0 Å². The third-order valence-corrected chi connectivity index (χ3v) is 2.71. The maximum absolute atomic E-state index is 6.05. The molecule has 0 aliphatic heterocycles. The van der Waals surface area contributed by atoms with Gasteiger partial charge in [0.15, 0.2) is 0 Å². The highest BCUT2D eigenvalue weighted by Gasteiger charge is 2.06. The van der Waals surface area contributed by atoms with Crippen LogP contribution in [0.1, 0.15) is 5.56 Å². The molecule has 0 saturated carbocycles. The molecule has 0 amide bonds. The van der Waals surface area contributed by atoms with Gasteiger partial charge in [0.2, 0.25) is 0 Å². The molecule has 5 heteroatoms. The lowest BCUT2D eigenvalue weighted by molar-refractivity contribution is 1.23. The summed E-state index contributed by atoms with van der Waals surface area (Å²) in [5.74, 6) is 5.97. The number of nitrogens with two attached hydrogens (primary N) is 1.